The summed E-state index contributed by atoms with van der Waals surface area (Å²) in [5.74, 6) is -0.520. The van der Waals surface area contributed by atoms with Gasteiger partial charge in [0, 0.05) is 25.2 Å². The molecule has 1 unspecified atom stereocenters. The van der Waals surface area contributed by atoms with Crippen molar-refractivity contribution < 1.29 is 19.1 Å². The zero-order chi connectivity index (χ0) is 20.7. The Kier molecular flexibility index (Phi) is 9.02. The number of carbonyl (C=O) groups excluding carboxylic acids is 2. The van der Waals surface area contributed by atoms with Crippen molar-refractivity contribution in [2.24, 2.45) is 5.92 Å². The number of halogens is 2. The van der Waals surface area contributed by atoms with Crippen LogP contribution in [0, 0.1) is 5.92 Å². The summed E-state index contributed by atoms with van der Waals surface area (Å²) in [7, 11) is 1.64. The number of methoxy groups -OCH3 is 1. The molecular formula is C20H28Cl2N2O4. The minimum Gasteiger partial charge on any atom is -0.382 e. The van der Waals surface area contributed by atoms with Gasteiger partial charge in [0.15, 0.2) is 0 Å². The molecule has 1 N–H and O–H groups in total. The number of ether oxygens (including phenoxy) is 2. The average Bonchev–Trinajstić information content (AvgIpc) is 2.66. The van der Waals surface area contributed by atoms with E-state index in [1.54, 1.807) is 24.1 Å². The zero-order valence-corrected chi connectivity index (χ0v) is 18.1. The maximum Gasteiger partial charge on any atom is 0.253 e. The van der Waals surface area contributed by atoms with E-state index >= 15 is 0 Å². The Morgan fingerprint density at radius 1 is 1.21 bits per heavy atom. The molecular weight excluding hydrogens is 403 g/mol. The van der Waals surface area contributed by atoms with Gasteiger partial charge in [0.25, 0.3) is 5.91 Å². The summed E-state index contributed by atoms with van der Waals surface area (Å²) >= 11 is 12.0. The zero-order valence-electron chi connectivity index (χ0n) is 16.5. The number of hydrogen-bond donors (Lipinski definition) is 1. The van der Waals surface area contributed by atoms with Crippen molar-refractivity contribution in [3.8, 4) is 0 Å². The van der Waals surface area contributed by atoms with Crippen LogP contribution in [0.25, 0.3) is 0 Å². The van der Waals surface area contributed by atoms with Gasteiger partial charge in [-0.25, -0.2) is 0 Å². The monoisotopic (exact) mass is 430 g/mol. The van der Waals surface area contributed by atoms with Crippen LogP contribution in [0.1, 0.15) is 37.0 Å². The molecule has 1 atom stereocenters. The lowest BCUT2D eigenvalue weighted by Gasteiger charge is -2.35. The van der Waals surface area contributed by atoms with Gasteiger partial charge in [-0.2, -0.15) is 0 Å². The van der Waals surface area contributed by atoms with Gasteiger partial charge in [0.2, 0.25) is 5.91 Å². The quantitative estimate of drug-likeness (QED) is 0.641. The molecule has 0 radical (unpaired) electrons. The van der Waals surface area contributed by atoms with E-state index in [0.29, 0.717) is 36.9 Å². The Labute approximate surface area is 176 Å². The molecule has 1 fully saturated rings. The number of hydrogen-bond acceptors (Lipinski definition) is 4. The third-order valence-electron chi connectivity index (χ3n) is 4.79. The average molecular weight is 431 g/mol. The highest BCUT2D eigenvalue weighted by molar-refractivity contribution is 6.36. The van der Waals surface area contributed by atoms with Crippen LogP contribution in [-0.4, -0.2) is 62.3 Å². The van der Waals surface area contributed by atoms with E-state index in [0.717, 1.165) is 12.8 Å². The van der Waals surface area contributed by atoms with Gasteiger partial charge in [0.05, 0.1) is 29.9 Å². The summed E-state index contributed by atoms with van der Waals surface area (Å²) in [5.41, 5.74) is 0.301. The maximum atomic E-state index is 13.0. The van der Waals surface area contributed by atoms with Crippen molar-refractivity contribution in [1.29, 1.82) is 0 Å². The fourth-order valence-corrected chi connectivity index (χ4v) is 3.64. The predicted octanol–water partition coefficient (Wildman–Crippen LogP) is 3.40. The highest BCUT2D eigenvalue weighted by atomic mass is 35.5. The third-order valence-corrected chi connectivity index (χ3v) is 5.34. The lowest BCUT2D eigenvalue weighted by molar-refractivity contribution is -0.137. The van der Waals surface area contributed by atoms with E-state index in [1.807, 2.05) is 13.8 Å². The van der Waals surface area contributed by atoms with Crippen LogP contribution in [0.5, 0.6) is 0 Å². The van der Waals surface area contributed by atoms with E-state index in [2.05, 4.69) is 5.32 Å². The third kappa shape index (κ3) is 6.34. The molecule has 0 aliphatic carbocycles. The van der Waals surface area contributed by atoms with Crippen LogP contribution in [0.3, 0.4) is 0 Å². The maximum absolute atomic E-state index is 13.0. The van der Waals surface area contributed by atoms with Gasteiger partial charge in [-0.1, -0.05) is 37.0 Å². The molecule has 0 saturated carbocycles. The summed E-state index contributed by atoms with van der Waals surface area (Å²) in [6.45, 7) is 6.16. The second-order valence-electron chi connectivity index (χ2n) is 7.21. The molecule has 1 saturated heterocycles. The summed E-state index contributed by atoms with van der Waals surface area (Å²) in [6, 6.07) is 4.05. The molecule has 1 aliphatic rings. The Bertz CT molecular complexity index is 676. The van der Waals surface area contributed by atoms with Crippen molar-refractivity contribution in [3.63, 3.8) is 0 Å². The highest BCUT2D eigenvalue weighted by Gasteiger charge is 2.32. The molecule has 1 heterocycles. The summed E-state index contributed by atoms with van der Waals surface area (Å²) in [5, 5.41) is 3.55. The van der Waals surface area contributed by atoms with E-state index in [4.69, 9.17) is 32.7 Å². The Morgan fingerprint density at radius 2 is 1.89 bits per heavy atom. The van der Waals surface area contributed by atoms with E-state index in [-0.39, 0.29) is 28.9 Å². The second kappa shape index (κ2) is 11.0. The van der Waals surface area contributed by atoms with Gasteiger partial charge in [0.1, 0.15) is 6.04 Å². The number of piperidine rings is 1. The minimum atomic E-state index is -0.620. The Morgan fingerprint density at radius 3 is 2.46 bits per heavy atom. The Hall–Kier alpha value is -1.34. The van der Waals surface area contributed by atoms with Crippen LogP contribution in [-0.2, 0) is 14.3 Å². The molecule has 8 heteroatoms. The van der Waals surface area contributed by atoms with Gasteiger partial charge in [-0.15, -0.1) is 0 Å². The van der Waals surface area contributed by atoms with Crippen LogP contribution in [0.2, 0.25) is 10.0 Å². The molecule has 2 rings (SSSR count). The van der Waals surface area contributed by atoms with Gasteiger partial charge in [-0.3, -0.25) is 9.59 Å². The molecule has 0 bridgehead atoms. The Balaban J connectivity index is 1.96. The van der Waals surface area contributed by atoms with Crippen molar-refractivity contribution in [2.75, 3.05) is 33.4 Å². The minimum absolute atomic E-state index is 0.0572. The summed E-state index contributed by atoms with van der Waals surface area (Å²) in [4.78, 5) is 27.4. The standard InChI is InChI=1S/C20H28Cl2N2O4/c1-13(2)18(23-19(25)16-5-4-14(21)12-17(16)22)20(26)24-8-6-15(7-9-24)28-11-10-27-3/h4-5,12-13,15,18H,6-11H2,1-3H3,(H,23,25). The van der Waals surface area contributed by atoms with Crippen LogP contribution >= 0.6 is 23.2 Å². The van der Waals surface area contributed by atoms with E-state index in [9.17, 15) is 9.59 Å². The first-order chi connectivity index (χ1) is 13.3. The number of likely N-dealkylation sites (tertiary alicyclic amines) is 1. The van der Waals surface area contributed by atoms with Crippen LogP contribution in [0.15, 0.2) is 18.2 Å². The molecule has 1 aromatic rings. The molecule has 6 nitrogen and oxygen atoms in total. The van der Waals surface area contributed by atoms with E-state index < -0.39 is 6.04 Å². The van der Waals surface area contributed by atoms with Gasteiger partial charge >= 0.3 is 0 Å². The van der Waals surface area contributed by atoms with Crippen LogP contribution < -0.4 is 5.32 Å². The van der Waals surface area contributed by atoms with E-state index in [1.165, 1.54) is 6.07 Å². The summed E-state index contributed by atoms with van der Waals surface area (Å²) < 4.78 is 10.7. The lowest BCUT2D eigenvalue weighted by Crippen LogP contribution is -2.53. The van der Waals surface area contributed by atoms with Crippen LogP contribution in [0.4, 0.5) is 0 Å². The SMILES string of the molecule is COCCOC1CCN(C(=O)C(NC(=O)c2ccc(Cl)cc2Cl)C(C)C)CC1. The fraction of sp³-hybridized carbons (Fsp3) is 0.600. The molecule has 1 aliphatic heterocycles. The number of benzene rings is 1. The normalized spacial score (nSPS) is 16.3. The molecule has 28 heavy (non-hydrogen) atoms. The van der Waals surface area contributed by atoms with Crippen molar-refractivity contribution in [2.45, 2.75) is 38.8 Å². The number of carbonyl (C=O) groups is 2. The largest absolute Gasteiger partial charge is 0.382 e. The number of amides is 2. The smallest absolute Gasteiger partial charge is 0.253 e. The number of nitrogens with zero attached hydrogens (tertiary/aromatic N) is 1. The highest BCUT2D eigenvalue weighted by Crippen LogP contribution is 2.22. The van der Waals surface area contributed by atoms with Crippen molar-refractivity contribution in [1.82, 2.24) is 10.2 Å². The van der Waals surface area contributed by atoms with Crippen molar-refractivity contribution >= 4 is 35.0 Å². The molecule has 156 valence electrons. The first-order valence-corrected chi connectivity index (χ1v) is 10.2. The van der Waals surface area contributed by atoms with Gasteiger partial charge < -0.3 is 19.7 Å². The topological polar surface area (TPSA) is 67.9 Å². The first-order valence-electron chi connectivity index (χ1n) is 9.48. The van der Waals surface area contributed by atoms with Gasteiger partial charge in [-0.05, 0) is 37.0 Å². The molecule has 0 aromatic heterocycles. The predicted molar refractivity (Wildman–Crippen MR) is 110 cm³/mol. The fourth-order valence-electron chi connectivity index (χ4n) is 3.14. The number of rotatable bonds is 8. The lowest BCUT2D eigenvalue weighted by atomic mass is 10.00. The van der Waals surface area contributed by atoms with Crippen molar-refractivity contribution in [3.05, 3.63) is 33.8 Å². The first kappa shape index (κ1) is 22.9. The molecule has 2 amide bonds. The second-order valence-corrected chi connectivity index (χ2v) is 8.05. The number of nitrogens with one attached hydrogen (secondary N) is 1. The molecule has 1 aromatic carbocycles. The summed E-state index contributed by atoms with van der Waals surface area (Å²) in [6.07, 6.45) is 1.69. The molecule has 0 spiro atoms.